The fraction of sp³-hybridized carbons (Fsp3) is 0.684. The molecule has 1 heterocycles. The van der Waals surface area contributed by atoms with Crippen molar-refractivity contribution < 1.29 is 0 Å². The Balaban J connectivity index is 2.16. The molecule has 1 N–H and O–H groups in total. The van der Waals surface area contributed by atoms with Crippen LogP contribution in [-0.4, -0.2) is 25.7 Å². The Morgan fingerprint density at radius 2 is 1.86 bits per heavy atom. The monoisotopic (exact) mass is 288 g/mol. The zero-order valence-corrected chi connectivity index (χ0v) is 14.4. The zero-order chi connectivity index (χ0) is 15.4. The van der Waals surface area contributed by atoms with Crippen LogP contribution >= 0.6 is 0 Å². The summed E-state index contributed by atoms with van der Waals surface area (Å²) in [6, 6.07) is 9.54. The van der Waals surface area contributed by atoms with E-state index in [1.165, 1.54) is 24.2 Å². The maximum Gasteiger partial charge on any atom is 0.0437 e. The number of benzene rings is 1. The topological polar surface area (TPSA) is 15.3 Å². The van der Waals surface area contributed by atoms with Gasteiger partial charge < -0.3 is 10.2 Å². The Kier molecular flexibility index (Phi) is 5.69. The molecule has 1 aromatic carbocycles. The summed E-state index contributed by atoms with van der Waals surface area (Å²) in [5, 5.41) is 3.67. The van der Waals surface area contributed by atoms with Crippen molar-refractivity contribution in [3.63, 3.8) is 0 Å². The van der Waals surface area contributed by atoms with Gasteiger partial charge in [-0.2, -0.15) is 0 Å². The number of hydrogen-bond acceptors (Lipinski definition) is 2. The first kappa shape index (κ1) is 16.4. The average Bonchev–Trinajstić information content (AvgIpc) is 2.42. The van der Waals surface area contributed by atoms with Gasteiger partial charge in [-0.15, -0.1) is 0 Å². The van der Waals surface area contributed by atoms with Crippen molar-refractivity contribution in [2.24, 2.45) is 17.8 Å². The third-order valence-electron chi connectivity index (χ3n) is 4.45. The Labute approximate surface area is 130 Å². The van der Waals surface area contributed by atoms with Crippen LogP contribution in [0.25, 0.3) is 0 Å². The highest BCUT2D eigenvalue weighted by molar-refractivity contribution is 5.56. The number of nitrogens with zero attached hydrogens (tertiary/aromatic N) is 1. The summed E-state index contributed by atoms with van der Waals surface area (Å²) >= 11 is 0. The van der Waals surface area contributed by atoms with Gasteiger partial charge in [-0.05, 0) is 42.3 Å². The average molecular weight is 288 g/mol. The molecule has 0 aliphatic carbocycles. The largest absolute Gasteiger partial charge is 0.367 e. The summed E-state index contributed by atoms with van der Waals surface area (Å²) in [7, 11) is 0. The third-order valence-corrected chi connectivity index (χ3v) is 4.45. The smallest absolute Gasteiger partial charge is 0.0437 e. The van der Waals surface area contributed by atoms with E-state index in [0.29, 0.717) is 17.9 Å². The van der Waals surface area contributed by atoms with Gasteiger partial charge in [0.05, 0.1) is 0 Å². The molecule has 1 aromatic rings. The van der Waals surface area contributed by atoms with Gasteiger partial charge in [0.2, 0.25) is 0 Å². The summed E-state index contributed by atoms with van der Waals surface area (Å²) in [6.07, 6.45) is 1.22. The molecule has 21 heavy (non-hydrogen) atoms. The fourth-order valence-corrected chi connectivity index (χ4v) is 3.38. The molecule has 0 fully saturated rings. The first-order valence-electron chi connectivity index (χ1n) is 8.54. The van der Waals surface area contributed by atoms with Crippen LogP contribution in [-0.2, 0) is 6.42 Å². The lowest BCUT2D eigenvalue weighted by molar-refractivity contribution is 0.384. The molecule has 0 bridgehead atoms. The van der Waals surface area contributed by atoms with Crippen LogP contribution in [0.5, 0.6) is 0 Å². The normalized spacial score (nSPS) is 20.0. The van der Waals surface area contributed by atoms with Crippen molar-refractivity contribution in [1.82, 2.24) is 5.32 Å². The molecule has 0 radical (unpaired) electrons. The maximum atomic E-state index is 3.67. The molecule has 0 amide bonds. The highest BCUT2D eigenvalue weighted by Gasteiger charge is 2.28. The van der Waals surface area contributed by atoms with Crippen molar-refractivity contribution >= 4 is 5.69 Å². The predicted molar refractivity (Wildman–Crippen MR) is 93.0 cm³/mol. The molecular weight excluding hydrogens is 256 g/mol. The van der Waals surface area contributed by atoms with Gasteiger partial charge in [0.25, 0.3) is 0 Å². The van der Waals surface area contributed by atoms with E-state index in [1.807, 2.05) is 0 Å². The van der Waals surface area contributed by atoms with Gasteiger partial charge in [0, 0.05) is 24.8 Å². The summed E-state index contributed by atoms with van der Waals surface area (Å²) in [5.74, 6) is 2.11. The van der Waals surface area contributed by atoms with Gasteiger partial charge in [-0.25, -0.2) is 0 Å². The molecule has 2 rings (SSSR count). The maximum absolute atomic E-state index is 3.67. The molecule has 0 saturated carbocycles. The van der Waals surface area contributed by atoms with Crippen LogP contribution in [0.2, 0.25) is 0 Å². The molecule has 0 aromatic heterocycles. The first-order valence-corrected chi connectivity index (χ1v) is 8.54. The van der Waals surface area contributed by atoms with Crippen molar-refractivity contribution in [1.29, 1.82) is 0 Å². The number of para-hydroxylation sites is 1. The summed E-state index contributed by atoms with van der Waals surface area (Å²) in [6.45, 7) is 15.0. The van der Waals surface area contributed by atoms with E-state index in [0.717, 1.165) is 19.0 Å². The van der Waals surface area contributed by atoms with Crippen LogP contribution in [0.3, 0.4) is 0 Å². The number of nitrogens with one attached hydrogen (secondary N) is 1. The van der Waals surface area contributed by atoms with Crippen molar-refractivity contribution in [3.8, 4) is 0 Å². The number of fused-ring (bicyclic) bond motifs is 1. The van der Waals surface area contributed by atoms with Crippen LogP contribution in [0.4, 0.5) is 5.69 Å². The second-order valence-electron chi connectivity index (χ2n) is 7.45. The van der Waals surface area contributed by atoms with Crippen LogP contribution in [0, 0.1) is 17.8 Å². The summed E-state index contributed by atoms with van der Waals surface area (Å²) in [4.78, 5) is 2.65. The number of anilines is 1. The summed E-state index contributed by atoms with van der Waals surface area (Å²) in [5.41, 5.74) is 2.98. The van der Waals surface area contributed by atoms with E-state index in [1.54, 1.807) is 0 Å². The SMILES string of the molecule is CC(C)CNCC(C(C)C)N1CC(C)Cc2ccccc21. The lowest BCUT2D eigenvalue weighted by atomic mass is 9.90. The molecule has 2 atom stereocenters. The van der Waals surface area contributed by atoms with Crippen LogP contribution < -0.4 is 10.2 Å². The lowest BCUT2D eigenvalue weighted by Crippen LogP contribution is -2.50. The Bertz CT molecular complexity index is 439. The van der Waals surface area contributed by atoms with E-state index in [4.69, 9.17) is 0 Å². The minimum absolute atomic E-state index is 0.577. The highest BCUT2D eigenvalue weighted by atomic mass is 15.2. The van der Waals surface area contributed by atoms with Gasteiger partial charge in [-0.1, -0.05) is 52.8 Å². The van der Waals surface area contributed by atoms with Crippen molar-refractivity contribution in [3.05, 3.63) is 29.8 Å². The first-order chi connectivity index (χ1) is 9.99. The van der Waals surface area contributed by atoms with E-state index < -0.39 is 0 Å². The third kappa shape index (κ3) is 4.23. The number of hydrogen-bond donors (Lipinski definition) is 1. The van der Waals surface area contributed by atoms with Crippen LogP contribution in [0.15, 0.2) is 24.3 Å². The van der Waals surface area contributed by atoms with E-state index in [2.05, 4.69) is 69.1 Å². The molecule has 2 nitrogen and oxygen atoms in total. The molecule has 1 aliphatic rings. The number of rotatable bonds is 6. The molecule has 0 spiro atoms. The fourth-order valence-electron chi connectivity index (χ4n) is 3.38. The van der Waals surface area contributed by atoms with Crippen LogP contribution in [0.1, 0.15) is 40.2 Å². The minimum atomic E-state index is 0.577. The predicted octanol–water partition coefficient (Wildman–Crippen LogP) is 3.96. The molecular formula is C19H32N2. The Morgan fingerprint density at radius 3 is 2.52 bits per heavy atom. The van der Waals surface area contributed by atoms with Gasteiger partial charge >= 0.3 is 0 Å². The second kappa shape index (κ2) is 7.31. The van der Waals surface area contributed by atoms with Gasteiger partial charge in [-0.3, -0.25) is 0 Å². The molecule has 0 saturated heterocycles. The zero-order valence-electron chi connectivity index (χ0n) is 14.4. The van der Waals surface area contributed by atoms with E-state index in [9.17, 15) is 0 Å². The van der Waals surface area contributed by atoms with Crippen molar-refractivity contribution in [2.75, 3.05) is 24.5 Å². The second-order valence-corrected chi connectivity index (χ2v) is 7.45. The molecule has 2 heteroatoms. The molecule has 1 aliphatic heterocycles. The quantitative estimate of drug-likeness (QED) is 0.852. The van der Waals surface area contributed by atoms with E-state index in [-0.39, 0.29) is 0 Å². The lowest BCUT2D eigenvalue weighted by Gasteiger charge is -2.42. The van der Waals surface area contributed by atoms with Gasteiger partial charge in [0.15, 0.2) is 0 Å². The Morgan fingerprint density at radius 1 is 1.14 bits per heavy atom. The molecule has 2 unspecified atom stereocenters. The van der Waals surface area contributed by atoms with Gasteiger partial charge in [0.1, 0.15) is 0 Å². The van der Waals surface area contributed by atoms with Crippen molar-refractivity contribution in [2.45, 2.75) is 47.1 Å². The minimum Gasteiger partial charge on any atom is -0.367 e. The standard InChI is InChI=1S/C19H32N2/c1-14(2)11-20-12-19(15(3)4)21-13-16(5)10-17-8-6-7-9-18(17)21/h6-9,14-16,19-20H,10-13H2,1-5H3. The van der Waals surface area contributed by atoms with E-state index >= 15 is 0 Å². The Hall–Kier alpha value is -1.02. The molecule has 118 valence electrons. The highest BCUT2D eigenvalue weighted by Crippen LogP contribution is 2.32. The summed E-state index contributed by atoms with van der Waals surface area (Å²) < 4.78 is 0.